The molecule has 5 heteroatoms. The first kappa shape index (κ1) is 33.8. The molecule has 2 heterocycles. The van der Waals surface area contributed by atoms with Crippen LogP contribution in [0.3, 0.4) is 0 Å². The summed E-state index contributed by atoms with van der Waals surface area (Å²) in [5.41, 5.74) is 9.49. The summed E-state index contributed by atoms with van der Waals surface area (Å²) in [6.07, 6.45) is 1.82. The van der Waals surface area contributed by atoms with Gasteiger partial charge >= 0.3 is 0 Å². The quantitative estimate of drug-likeness (QED) is 0.177. The van der Waals surface area contributed by atoms with Gasteiger partial charge < -0.3 is 5.11 Å². The number of phenolic OH excluding ortho intramolecular Hbond substituents is 1. The van der Waals surface area contributed by atoms with Crippen LogP contribution in [0.5, 0.6) is 5.75 Å². The fraction of sp³-hybridized carbons (Fsp3) is 0.268. The van der Waals surface area contributed by atoms with Crippen LogP contribution in [0, 0.1) is 6.07 Å². The Hall–Kier alpha value is -3.59. The van der Waals surface area contributed by atoms with Gasteiger partial charge in [0, 0.05) is 48.6 Å². The molecular weight excluding hydrogens is 764 g/mol. The van der Waals surface area contributed by atoms with Crippen LogP contribution in [0.2, 0.25) is 0 Å². The summed E-state index contributed by atoms with van der Waals surface area (Å²) < 4.78 is 1.07. The summed E-state index contributed by atoms with van der Waals surface area (Å²) in [5, 5.41) is 12.6. The molecule has 0 atom stereocenters. The van der Waals surface area contributed by atoms with Gasteiger partial charge in [0.1, 0.15) is 10.8 Å². The van der Waals surface area contributed by atoms with Crippen molar-refractivity contribution >= 4 is 21.6 Å². The van der Waals surface area contributed by atoms with Crippen molar-refractivity contribution in [1.82, 2.24) is 9.97 Å². The van der Waals surface area contributed by atoms with E-state index < -0.39 is 0 Å². The van der Waals surface area contributed by atoms with E-state index in [1.165, 1.54) is 11.1 Å². The Kier molecular flexibility index (Phi) is 9.21. The molecule has 4 aromatic carbocycles. The Balaban J connectivity index is 0.00000417. The Morgan fingerprint density at radius 1 is 0.652 bits per heavy atom. The predicted molar refractivity (Wildman–Crippen MR) is 190 cm³/mol. The number of aromatic nitrogens is 2. The maximum absolute atomic E-state index is 11.8. The molecule has 0 fully saturated rings. The topological polar surface area (TPSA) is 46.0 Å². The second-order valence-corrected chi connectivity index (χ2v) is 15.5. The van der Waals surface area contributed by atoms with E-state index in [-0.39, 0.29) is 37.3 Å². The van der Waals surface area contributed by atoms with E-state index in [1.54, 1.807) is 11.3 Å². The Morgan fingerprint density at radius 3 is 2.00 bits per heavy atom. The van der Waals surface area contributed by atoms with Gasteiger partial charge in [-0.25, -0.2) is 4.98 Å². The maximum atomic E-state index is 11.8. The molecule has 238 valence electrons. The Morgan fingerprint density at radius 2 is 1.35 bits per heavy atom. The van der Waals surface area contributed by atoms with Crippen LogP contribution in [0.4, 0.5) is 0 Å². The molecule has 0 saturated carbocycles. The molecule has 0 aliphatic carbocycles. The van der Waals surface area contributed by atoms with Gasteiger partial charge in [0.2, 0.25) is 0 Å². The van der Waals surface area contributed by atoms with Gasteiger partial charge in [0.05, 0.1) is 11.1 Å². The fourth-order valence-electron chi connectivity index (χ4n) is 5.84. The normalized spacial score (nSPS) is 12.3. The summed E-state index contributed by atoms with van der Waals surface area (Å²) in [4.78, 5) is 9.88. The smallest absolute Gasteiger partial charge is 0.129 e. The minimum atomic E-state index is -0.268. The van der Waals surface area contributed by atoms with Crippen molar-refractivity contribution in [3.63, 3.8) is 0 Å². The molecule has 0 amide bonds. The number of benzene rings is 4. The molecule has 0 aliphatic rings. The van der Waals surface area contributed by atoms with E-state index >= 15 is 0 Å². The minimum Gasteiger partial charge on any atom is -0.507 e. The van der Waals surface area contributed by atoms with Crippen LogP contribution < -0.4 is 0 Å². The van der Waals surface area contributed by atoms with Gasteiger partial charge in [0.25, 0.3) is 0 Å². The van der Waals surface area contributed by atoms with Gasteiger partial charge in [-0.15, -0.1) is 40.7 Å². The molecule has 0 radical (unpaired) electrons. The van der Waals surface area contributed by atoms with Gasteiger partial charge in [0.15, 0.2) is 0 Å². The van der Waals surface area contributed by atoms with Crippen molar-refractivity contribution in [2.45, 2.75) is 71.6 Å². The number of aromatic hydroxyl groups is 1. The number of phenols is 1. The summed E-state index contributed by atoms with van der Waals surface area (Å²) in [6.45, 7) is 17.6. The van der Waals surface area contributed by atoms with Crippen LogP contribution in [0.25, 0.3) is 43.2 Å². The average molecular weight is 805 g/mol. The standard InChI is InChI=1S/C41H41N2OS.Pt/c1-39(2,3)29-22-26(21-27(23-29)34-18-12-13-20-42-34)31-17-14-19-35-36(31)43-38(45-35)32-24-30(25-33(37(32)44)40(4,5)6)41(7,8)28-15-10-9-11-16-28;/h9-20,22-25,44H,1-8H3;/q-1;. The third-order valence-electron chi connectivity index (χ3n) is 8.75. The molecule has 1 N–H and O–H groups in total. The zero-order valence-corrected chi connectivity index (χ0v) is 30.9. The van der Waals surface area contributed by atoms with Gasteiger partial charge in [-0.3, -0.25) is 4.98 Å². The molecule has 6 rings (SSSR count). The van der Waals surface area contributed by atoms with Gasteiger partial charge in [-0.1, -0.05) is 127 Å². The molecule has 0 bridgehead atoms. The van der Waals surface area contributed by atoms with E-state index in [2.05, 4.69) is 139 Å². The third-order valence-corrected chi connectivity index (χ3v) is 9.80. The number of fused-ring (bicyclic) bond motifs is 1. The van der Waals surface area contributed by atoms with Crippen LogP contribution in [-0.4, -0.2) is 15.1 Å². The minimum absolute atomic E-state index is 0. The zero-order chi connectivity index (χ0) is 32.1. The van der Waals surface area contributed by atoms with E-state index in [9.17, 15) is 5.11 Å². The molecule has 0 saturated heterocycles. The van der Waals surface area contributed by atoms with E-state index in [4.69, 9.17) is 4.98 Å². The summed E-state index contributed by atoms with van der Waals surface area (Å²) in [5.74, 6) is 0.300. The third kappa shape index (κ3) is 6.48. The van der Waals surface area contributed by atoms with Crippen LogP contribution >= 0.6 is 11.3 Å². The van der Waals surface area contributed by atoms with Crippen molar-refractivity contribution < 1.29 is 26.2 Å². The summed E-state index contributed by atoms with van der Waals surface area (Å²) >= 11 is 1.62. The molecule has 46 heavy (non-hydrogen) atoms. The molecular formula is C41H41N2OPtS-. The number of para-hydroxylation sites is 1. The molecule has 3 nitrogen and oxygen atoms in total. The zero-order valence-electron chi connectivity index (χ0n) is 27.8. The molecule has 2 aromatic heterocycles. The summed E-state index contributed by atoms with van der Waals surface area (Å²) in [6, 6.07) is 35.3. The van der Waals surface area contributed by atoms with E-state index in [0.29, 0.717) is 5.75 Å². The van der Waals surface area contributed by atoms with Crippen LogP contribution in [0.15, 0.2) is 97.2 Å². The van der Waals surface area contributed by atoms with Gasteiger partial charge in [-0.05, 0) is 40.2 Å². The van der Waals surface area contributed by atoms with Crippen molar-refractivity contribution in [3.05, 3.63) is 126 Å². The fourth-order valence-corrected chi connectivity index (χ4v) is 6.85. The Bertz CT molecular complexity index is 2000. The number of nitrogens with zero attached hydrogens (tertiary/aromatic N) is 2. The van der Waals surface area contributed by atoms with Crippen molar-refractivity contribution in [2.24, 2.45) is 0 Å². The second kappa shape index (κ2) is 12.5. The number of hydrogen-bond donors (Lipinski definition) is 1. The van der Waals surface area contributed by atoms with Crippen molar-refractivity contribution in [1.29, 1.82) is 0 Å². The molecule has 0 aliphatic heterocycles. The largest absolute Gasteiger partial charge is 0.507 e. The van der Waals surface area contributed by atoms with E-state index in [1.807, 2.05) is 24.4 Å². The molecule has 0 unspecified atom stereocenters. The number of rotatable bonds is 5. The predicted octanol–water partition coefficient (Wildman–Crippen LogP) is 11.1. The molecule has 0 spiro atoms. The van der Waals surface area contributed by atoms with Crippen molar-refractivity contribution in [3.8, 4) is 38.7 Å². The first-order valence-corrected chi connectivity index (χ1v) is 16.4. The number of pyridine rings is 1. The first-order valence-electron chi connectivity index (χ1n) is 15.6. The van der Waals surface area contributed by atoms with Crippen LogP contribution in [0.1, 0.15) is 77.6 Å². The Labute approximate surface area is 292 Å². The maximum Gasteiger partial charge on any atom is 0.129 e. The first-order chi connectivity index (χ1) is 21.2. The second-order valence-electron chi connectivity index (χ2n) is 14.5. The van der Waals surface area contributed by atoms with Crippen LogP contribution in [-0.2, 0) is 37.3 Å². The average Bonchev–Trinajstić information content (AvgIpc) is 3.45. The monoisotopic (exact) mass is 804 g/mol. The summed E-state index contributed by atoms with van der Waals surface area (Å²) in [7, 11) is 0. The van der Waals surface area contributed by atoms with Crippen molar-refractivity contribution in [2.75, 3.05) is 0 Å². The van der Waals surface area contributed by atoms with Gasteiger partial charge in [-0.2, -0.15) is 0 Å². The van der Waals surface area contributed by atoms with E-state index in [0.717, 1.165) is 54.3 Å². The molecule has 6 aromatic rings. The number of hydrogen-bond acceptors (Lipinski definition) is 4. The number of thiazole rings is 1. The SMILES string of the molecule is CC(C)(C)c1cc(-c2ccccn2)[c-]c(-c2cccc3sc(-c4cc(C(C)(C)c5ccccc5)cc(C(C)(C)C)c4O)nc23)c1.[Pt].